The monoisotopic (exact) mass is 346 g/mol. The highest BCUT2D eigenvalue weighted by atomic mass is 32.2. The Bertz CT molecular complexity index is 647. The van der Waals surface area contributed by atoms with Gasteiger partial charge in [-0.1, -0.05) is 6.92 Å². The molecule has 0 bridgehead atoms. The average molecular weight is 346 g/mol. The van der Waals surface area contributed by atoms with Gasteiger partial charge in [0.05, 0.1) is 5.75 Å². The van der Waals surface area contributed by atoms with Gasteiger partial charge in [-0.15, -0.1) is 11.8 Å². The molecule has 1 unspecified atom stereocenters. The third-order valence-corrected chi connectivity index (χ3v) is 7.51. The summed E-state index contributed by atoms with van der Waals surface area (Å²) in [6.45, 7) is 2.93. The van der Waals surface area contributed by atoms with Crippen LogP contribution < -0.4 is 4.74 Å². The molecule has 2 saturated heterocycles. The molecule has 1 aromatic heterocycles. The number of hydrogen-bond donors (Lipinski definition) is 0. The Morgan fingerprint density at radius 1 is 1.55 bits per heavy atom. The number of rotatable bonds is 5. The van der Waals surface area contributed by atoms with E-state index in [1.165, 1.54) is 18.3 Å². The van der Waals surface area contributed by atoms with Crippen molar-refractivity contribution in [1.82, 2.24) is 9.29 Å². The Morgan fingerprint density at radius 2 is 2.32 bits per heavy atom. The topological polar surface area (TPSA) is 59.5 Å². The predicted molar refractivity (Wildman–Crippen MR) is 84.1 cm³/mol. The molecule has 0 N–H and O–H groups in total. The maximum atomic E-state index is 13.6. The number of ether oxygens (including phenoxy) is 1. The second kappa shape index (κ2) is 5.98. The Morgan fingerprint density at radius 3 is 3.00 bits per heavy atom. The molecule has 0 amide bonds. The number of thioether (sulfide) groups is 1. The molecule has 5 nitrogen and oxygen atoms in total. The molecule has 0 saturated carbocycles. The third kappa shape index (κ3) is 3.09. The molecular formula is C14H19FN2O3S2. The van der Waals surface area contributed by atoms with E-state index in [2.05, 4.69) is 4.98 Å². The first-order valence-electron chi connectivity index (χ1n) is 7.33. The van der Waals surface area contributed by atoms with Crippen LogP contribution in [0.5, 0.6) is 5.88 Å². The summed E-state index contributed by atoms with van der Waals surface area (Å²) in [5.74, 6) is 0.499. The third-order valence-electron chi connectivity index (χ3n) is 3.96. The molecular weight excluding hydrogens is 327 g/mol. The van der Waals surface area contributed by atoms with Crippen LogP contribution in [0.3, 0.4) is 0 Å². The molecule has 3 rings (SSSR count). The molecule has 1 aromatic rings. The van der Waals surface area contributed by atoms with Gasteiger partial charge in [0, 0.05) is 36.2 Å². The van der Waals surface area contributed by atoms with E-state index in [4.69, 9.17) is 4.74 Å². The molecule has 0 aromatic carbocycles. The van der Waals surface area contributed by atoms with Crippen molar-refractivity contribution in [1.29, 1.82) is 0 Å². The fraction of sp³-hybridized carbons (Fsp3) is 0.643. The van der Waals surface area contributed by atoms with Gasteiger partial charge in [0.15, 0.2) is 5.82 Å². The van der Waals surface area contributed by atoms with Crippen LogP contribution in [0.25, 0.3) is 0 Å². The molecule has 2 fully saturated rings. The predicted octanol–water partition coefficient (Wildman–Crippen LogP) is 1.90. The second-order valence-corrected chi connectivity index (χ2v) is 9.39. The van der Waals surface area contributed by atoms with Crippen molar-refractivity contribution in [2.24, 2.45) is 0 Å². The lowest BCUT2D eigenvalue weighted by molar-refractivity contribution is 0.150. The van der Waals surface area contributed by atoms with E-state index in [0.29, 0.717) is 19.5 Å². The van der Waals surface area contributed by atoms with E-state index >= 15 is 0 Å². The number of sulfonamides is 1. The number of nitrogens with zero attached hydrogens (tertiary/aromatic N) is 2. The van der Waals surface area contributed by atoms with Gasteiger partial charge in [-0.05, 0) is 18.6 Å². The summed E-state index contributed by atoms with van der Waals surface area (Å²) >= 11 is 1.72. The van der Waals surface area contributed by atoms with Crippen molar-refractivity contribution in [3.05, 3.63) is 24.1 Å². The highest BCUT2D eigenvalue weighted by Gasteiger charge is 2.53. The average Bonchev–Trinajstić information content (AvgIpc) is 2.84. The molecule has 8 heteroatoms. The van der Waals surface area contributed by atoms with Crippen molar-refractivity contribution in [2.75, 3.05) is 24.6 Å². The summed E-state index contributed by atoms with van der Waals surface area (Å²) in [5.41, 5.74) is 0. The first-order chi connectivity index (χ1) is 10.4. The van der Waals surface area contributed by atoms with Gasteiger partial charge in [0.1, 0.15) is 6.10 Å². The van der Waals surface area contributed by atoms with E-state index in [9.17, 15) is 12.8 Å². The summed E-state index contributed by atoms with van der Waals surface area (Å²) in [4.78, 5) is 3.90. The minimum absolute atomic E-state index is 0.0277. The van der Waals surface area contributed by atoms with Gasteiger partial charge in [-0.25, -0.2) is 17.8 Å². The minimum Gasteiger partial charge on any atom is -0.471 e. The van der Waals surface area contributed by atoms with Crippen molar-refractivity contribution < 1.29 is 17.5 Å². The van der Waals surface area contributed by atoms with Gasteiger partial charge in [-0.3, -0.25) is 0 Å². The standard InChI is InChI=1S/C14H19FN2O3S2/c1-2-6-22(18,19)17-9-14(10-17)7-11(8-21-14)20-13-12(15)4-3-5-16-13/h3-5,11H,2,6-10H2,1H3. The first-order valence-corrected chi connectivity index (χ1v) is 9.92. The smallest absolute Gasteiger partial charge is 0.250 e. The lowest BCUT2D eigenvalue weighted by Gasteiger charge is -2.46. The molecule has 0 radical (unpaired) electrons. The zero-order valence-electron chi connectivity index (χ0n) is 12.4. The first kappa shape index (κ1) is 16.0. The van der Waals surface area contributed by atoms with Gasteiger partial charge >= 0.3 is 0 Å². The van der Waals surface area contributed by atoms with Crippen LogP contribution in [0.1, 0.15) is 19.8 Å². The fourth-order valence-corrected chi connectivity index (χ4v) is 6.24. The lowest BCUT2D eigenvalue weighted by Crippen LogP contribution is -2.61. The molecule has 2 aliphatic rings. The SMILES string of the molecule is CCCS(=O)(=O)N1CC2(CC(Oc3ncccc3F)CS2)C1. The number of hydrogen-bond acceptors (Lipinski definition) is 5. The normalized spacial score (nSPS) is 24.4. The summed E-state index contributed by atoms with van der Waals surface area (Å²) in [6, 6.07) is 2.85. The van der Waals surface area contributed by atoms with Gasteiger partial charge in [0.2, 0.25) is 10.0 Å². The minimum atomic E-state index is -3.11. The van der Waals surface area contributed by atoms with Crippen LogP contribution >= 0.6 is 11.8 Å². The van der Waals surface area contributed by atoms with Crippen LogP contribution in [-0.2, 0) is 10.0 Å². The summed E-state index contributed by atoms with van der Waals surface area (Å²) in [7, 11) is -3.11. The summed E-state index contributed by atoms with van der Waals surface area (Å²) < 4.78 is 44.7. The maximum Gasteiger partial charge on any atom is 0.250 e. The van der Waals surface area contributed by atoms with Crippen LogP contribution in [0.2, 0.25) is 0 Å². The molecule has 0 aliphatic carbocycles. The quantitative estimate of drug-likeness (QED) is 0.815. The molecule has 3 heterocycles. The van der Waals surface area contributed by atoms with Gasteiger partial charge in [-0.2, -0.15) is 4.31 Å². The Labute approximate surface area is 134 Å². The second-order valence-electron chi connectivity index (χ2n) is 5.81. The highest BCUT2D eigenvalue weighted by molar-refractivity contribution is 8.01. The zero-order chi connectivity index (χ0) is 15.8. The summed E-state index contributed by atoms with van der Waals surface area (Å²) in [5, 5.41) is 0. The number of halogens is 1. The van der Waals surface area contributed by atoms with Gasteiger partial charge in [0.25, 0.3) is 5.88 Å². The van der Waals surface area contributed by atoms with E-state index in [1.54, 1.807) is 16.1 Å². The fourth-order valence-electron chi connectivity index (χ4n) is 2.89. The van der Waals surface area contributed by atoms with E-state index in [-0.39, 0.29) is 22.5 Å². The van der Waals surface area contributed by atoms with Gasteiger partial charge < -0.3 is 4.74 Å². The maximum absolute atomic E-state index is 13.6. The summed E-state index contributed by atoms with van der Waals surface area (Å²) in [6.07, 6.45) is 2.74. The van der Waals surface area contributed by atoms with Crippen LogP contribution in [0, 0.1) is 5.82 Å². The Hall–Kier alpha value is -0.860. The lowest BCUT2D eigenvalue weighted by atomic mass is 9.95. The van der Waals surface area contributed by atoms with E-state index < -0.39 is 15.8 Å². The highest BCUT2D eigenvalue weighted by Crippen LogP contribution is 2.47. The van der Waals surface area contributed by atoms with Crippen molar-refractivity contribution in [3.63, 3.8) is 0 Å². The largest absolute Gasteiger partial charge is 0.471 e. The molecule has 1 atom stereocenters. The molecule has 1 spiro atoms. The van der Waals surface area contributed by atoms with Crippen molar-refractivity contribution in [3.8, 4) is 5.88 Å². The van der Waals surface area contributed by atoms with E-state index in [1.807, 2.05) is 6.92 Å². The Kier molecular flexibility index (Phi) is 4.35. The number of aromatic nitrogens is 1. The van der Waals surface area contributed by atoms with Crippen LogP contribution in [0.15, 0.2) is 18.3 Å². The van der Waals surface area contributed by atoms with E-state index in [0.717, 1.165) is 12.2 Å². The van der Waals surface area contributed by atoms with Crippen molar-refractivity contribution in [2.45, 2.75) is 30.6 Å². The number of pyridine rings is 1. The van der Waals surface area contributed by atoms with Crippen molar-refractivity contribution >= 4 is 21.8 Å². The Balaban J connectivity index is 1.57. The zero-order valence-corrected chi connectivity index (χ0v) is 14.0. The molecule has 2 aliphatic heterocycles. The molecule has 122 valence electrons. The van der Waals surface area contributed by atoms with Crippen LogP contribution in [-0.4, -0.2) is 53.2 Å². The van der Waals surface area contributed by atoms with Crippen LogP contribution in [0.4, 0.5) is 4.39 Å². The molecule has 22 heavy (non-hydrogen) atoms.